The van der Waals surface area contributed by atoms with Crippen LogP contribution in [0.5, 0.6) is 0 Å². The maximum absolute atomic E-state index is 12.2. The van der Waals surface area contributed by atoms with Gasteiger partial charge >= 0.3 is 6.03 Å². The van der Waals surface area contributed by atoms with Crippen LogP contribution in [0.2, 0.25) is 0 Å². The average Bonchev–Trinajstić information content (AvgIpc) is 2.55. The molecule has 1 saturated heterocycles. The maximum atomic E-state index is 12.2. The molecule has 136 valence electrons. The van der Waals surface area contributed by atoms with E-state index < -0.39 is 43.3 Å². The van der Waals surface area contributed by atoms with E-state index in [-0.39, 0.29) is 19.0 Å². The molecule has 9 nitrogen and oxygen atoms in total. The zero-order valence-corrected chi connectivity index (χ0v) is 13.7. The predicted octanol–water partition coefficient (Wildman–Crippen LogP) is -1.93. The summed E-state index contributed by atoms with van der Waals surface area (Å²) >= 11 is 5.54. The number of nitrogens with zero attached hydrogens (tertiary/aromatic N) is 1. The first-order valence-electron chi connectivity index (χ1n) is 7.37. The van der Waals surface area contributed by atoms with E-state index in [9.17, 15) is 25.2 Å². The molecule has 2 amide bonds. The number of methoxy groups -OCH3 is 1. The lowest BCUT2D eigenvalue weighted by molar-refractivity contribution is -0.257. The van der Waals surface area contributed by atoms with Crippen molar-refractivity contribution in [2.75, 3.05) is 39.3 Å². The molecule has 23 heavy (non-hydrogen) atoms. The Hall–Kier alpha value is -0.680. The Labute approximate surface area is 139 Å². The Kier molecular flexibility index (Phi) is 9.07. The minimum absolute atomic E-state index is 0.185. The predicted molar refractivity (Wildman–Crippen MR) is 81.1 cm³/mol. The summed E-state index contributed by atoms with van der Waals surface area (Å²) in [7, 11) is 1.52. The topological polar surface area (TPSA) is 132 Å². The number of hydrogen-bond acceptors (Lipinski definition) is 7. The first kappa shape index (κ1) is 20.4. The largest absolute Gasteiger partial charge is 0.394 e. The minimum Gasteiger partial charge on any atom is -0.394 e. The fourth-order valence-electron chi connectivity index (χ4n) is 2.32. The average molecular weight is 357 g/mol. The van der Waals surface area contributed by atoms with E-state index in [0.29, 0.717) is 13.0 Å². The second kappa shape index (κ2) is 10.2. The van der Waals surface area contributed by atoms with E-state index in [1.54, 1.807) is 0 Å². The Morgan fingerprint density at radius 3 is 2.57 bits per heavy atom. The summed E-state index contributed by atoms with van der Waals surface area (Å²) in [6.45, 7) is 0.233. The minimum atomic E-state index is -1.54. The number of nitrogens with one attached hydrogen (secondary N) is 1. The molecule has 1 fully saturated rings. The maximum Gasteiger partial charge on any atom is 0.319 e. The molecule has 0 saturated carbocycles. The molecule has 0 spiro atoms. The van der Waals surface area contributed by atoms with E-state index in [0.717, 1.165) is 0 Å². The van der Waals surface area contributed by atoms with Crippen molar-refractivity contribution in [3.05, 3.63) is 0 Å². The summed E-state index contributed by atoms with van der Waals surface area (Å²) in [6, 6.07) is -0.536. The molecule has 1 unspecified atom stereocenters. The zero-order chi connectivity index (χ0) is 17.4. The number of aliphatic hydroxyl groups is 4. The van der Waals surface area contributed by atoms with Gasteiger partial charge in [-0.3, -0.25) is 4.90 Å². The molecule has 0 radical (unpaired) electrons. The quantitative estimate of drug-likeness (QED) is 0.253. The van der Waals surface area contributed by atoms with Crippen LogP contribution in [-0.4, -0.2) is 101 Å². The molecule has 1 aliphatic rings. The fraction of sp³-hybridized carbons (Fsp3) is 0.923. The van der Waals surface area contributed by atoms with Crippen LogP contribution >= 0.6 is 11.6 Å². The van der Waals surface area contributed by atoms with Gasteiger partial charge in [0.2, 0.25) is 0 Å². The number of aliphatic hydroxyl groups excluding tert-OH is 4. The van der Waals surface area contributed by atoms with Crippen LogP contribution in [0.4, 0.5) is 4.79 Å². The number of ether oxygens (including phenoxy) is 2. The van der Waals surface area contributed by atoms with Crippen molar-refractivity contribution in [3.8, 4) is 0 Å². The van der Waals surface area contributed by atoms with Crippen molar-refractivity contribution in [1.82, 2.24) is 10.2 Å². The number of amides is 2. The molecule has 5 N–H and O–H groups in total. The lowest BCUT2D eigenvalue weighted by atomic mass is 9.98. The molecule has 0 aromatic heterocycles. The number of carbonyl (C=O) groups excluding carboxylic acids is 1. The third-order valence-electron chi connectivity index (χ3n) is 3.55. The summed E-state index contributed by atoms with van der Waals surface area (Å²) < 4.78 is 10.3. The van der Waals surface area contributed by atoms with Crippen LogP contribution in [0.15, 0.2) is 0 Å². The van der Waals surface area contributed by atoms with Gasteiger partial charge in [0.1, 0.15) is 24.4 Å². The molecular formula is C13H25ClN2O7. The first-order valence-corrected chi connectivity index (χ1v) is 7.91. The Bertz CT molecular complexity index is 361. The molecule has 0 aliphatic carbocycles. The van der Waals surface area contributed by atoms with E-state index >= 15 is 0 Å². The monoisotopic (exact) mass is 356 g/mol. The number of alkyl halides is 1. The first-order chi connectivity index (χ1) is 11.0. The molecule has 1 rings (SSSR count). The molecule has 0 bridgehead atoms. The van der Waals surface area contributed by atoms with Crippen molar-refractivity contribution in [3.63, 3.8) is 0 Å². The van der Waals surface area contributed by atoms with Gasteiger partial charge in [0.05, 0.1) is 6.61 Å². The SMILES string of the molecule is COCCCN(C(=O)NCCCl)C1O[C@H](CO)[C@H](O)[C@H](O)[C@H]1O. The van der Waals surface area contributed by atoms with Gasteiger partial charge in [0.15, 0.2) is 6.23 Å². The van der Waals surface area contributed by atoms with Gasteiger partial charge in [-0.15, -0.1) is 11.6 Å². The smallest absolute Gasteiger partial charge is 0.319 e. The van der Waals surface area contributed by atoms with E-state index in [2.05, 4.69) is 5.32 Å². The van der Waals surface area contributed by atoms with Crippen LogP contribution < -0.4 is 5.32 Å². The summed E-state index contributed by atoms with van der Waals surface area (Å²) in [6.07, 6.45) is -6.35. The van der Waals surface area contributed by atoms with Crippen molar-refractivity contribution >= 4 is 17.6 Å². The Balaban J connectivity index is 2.86. The number of carbonyl (C=O) groups is 1. The normalized spacial score (nSPS) is 31.0. The van der Waals surface area contributed by atoms with Crippen LogP contribution in [0.25, 0.3) is 0 Å². The van der Waals surface area contributed by atoms with E-state index in [1.165, 1.54) is 12.0 Å². The van der Waals surface area contributed by atoms with Crippen molar-refractivity contribution < 1.29 is 34.7 Å². The van der Waals surface area contributed by atoms with Crippen molar-refractivity contribution in [2.24, 2.45) is 0 Å². The lowest BCUT2D eigenvalue weighted by Gasteiger charge is -2.44. The third kappa shape index (κ3) is 5.42. The van der Waals surface area contributed by atoms with Crippen LogP contribution in [0.3, 0.4) is 0 Å². The van der Waals surface area contributed by atoms with Gasteiger partial charge in [0, 0.05) is 32.7 Å². The van der Waals surface area contributed by atoms with Crippen LogP contribution in [0, 0.1) is 0 Å². The molecule has 0 aromatic carbocycles. The zero-order valence-electron chi connectivity index (χ0n) is 13.0. The van der Waals surface area contributed by atoms with Gasteiger partial charge in [0.25, 0.3) is 0 Å². The highest BCUT2D eigenvalue weighted by atomic mass is 35.5. The van der Waals surface area contributed by atoms with Crippen molar-refractivity contribution in [2.45, 2.75) is 37.1 Å². The van der Waals surface area contributed by atoms with Gasteiger partial charge in [-0.25, -0.2) is 4.79 Å². The lowest BCUT2D eigenvalue weighted by Crippen LogP contribution is -2.65. The summed E-state index contributed by atoms with van der Waals surface area (Å²) in [5, 5.41) is 41.6. The standard InChI is InChI=1S/C13H25ClN2O7/c1-22-6-2-5-16(13(21)15-4-3-14)12-11(20)10(19)9(18)8(7-17)23-12/h8-12,17-20H,2-7H2,1H3,(H,15,21)/t8-,9+,10+,11-,12?/m1/s1. The molecule has 5 atom stereocenters. The van der Waals surface area contributed by atoms with Crippen LogP contribution in [-0.2, 0) is 9.47 Å². The van der Waals surface area contributed by atoms with Gasteiger partial charge in [-0.1, -0.05) is 0 Å². The molecule has 10 heteroatoms. The fourth-order valence-corrected chi connectivity index (χ4v) is 2.41. The number of hydrogen-bond donors (Lipinski definition) is 5. The Morgan fingerprint density at radius 2 is 2.00 bits per heavy atom. The summed E-state index contributed by atoms with van der Waals surface area (Å²) in [5.74, 6) is 0.215. The number of urea groups is 1. The van der Waals surface area contributed by atoms with Crippen molar-refractivity contribution in [1.29, 1.82) is 0 Å². The van der Waals surface area contributed by atoms with Gasteiger partial charge < -0.3 is 35.2 Å². The molecule has 0 aromatic rings. The second-order valence-electron chi connectivity index (χ2n) is 5.18. The number of rotatable bonds is 8. The highest BCUT2D eigenvalue weighted by Crippen LogP contribution is 2.24. The highest BCUT2D eigenvalue weighted by Gasteiger charge is 2.46. The van der Waals surface area contributed by atoms with E-state index in [1.807, 2.05) is 0 Å². The molecule has 1 heterocycles. The van der Waals surface area contributed by atoms with Gasteiger partial charge in [-0.05, 0) is 6.42 Å². The summed E-state index contributed by atoms with van der Waals surface area (Å²) in [4.78, 5) is 13.4. The Morgan fingerprint density at radius 1 is 1.30 bits per heavy atom. The second-order valence-corrected chi connectivity index (χ2v) is 5.56. The van der Waals surface area contributed by atoms with Gasteiger partial charge in [-0.2, -0.15) is 0 Å². The number of halogens is 1. The third-order valence-corrected chi connectivity index (χ3v) is 3.74. The highest BCUT2D eigenvalue weighted by molar-refractivity contribution is 6.18. The van der Waals surface area contributed by atoms with E-state index in [4.69, 9.17) is 21.1 Å². The van der Waals surface area contributed by atoms with Crippen LogP contribution in [0.1, 0.15) is 6.42 Å². The molecular weight excluding hydrogens is 332 g/mol. The molecule has 1 aliphatic heterocycles. The summed E-state index contributed by atoms with van der Waals surface area (Å²) in [5.41, 5.74) is 0.